The molecule has 0 fully saturated rings. The predicted octanol–water partition coefficient (Wildman–Crippen LogP) is 2.24. The molecule has 7 heteroatoms. The van der Waals surface area contributed by atoms with E-state index in [4.69, 9.17) is 0 Å². The monoisotopic (exact) mass is 313 g/mol. The fourth-order valence-corrected chi connectivity index (χ4v) is 1.68. The smallest absolute Gasteiger partial charge is 0.321 e. The van der Waals surface area contributed by atoms with Crippen LogP contribution in [0.2, 0.25) is 0 Å². The Balaban J connectivity index is 2.43. The number of carbonyl (C=O) groups excluding carboxylic acids is 2. The van der Waals surface area contributed by atoms with E-state index in [1.165, 1.54) is 6.07 Å². The summed E-state index contributed by atoms with van der Waals surface area (Å²) in [6, 6.07) is 2.59. The van der Waals surface area contributed by atoms with E-state index < -0.39 is 23.6 Å². The molecule has 0 radical (unpaired) electrons. The third-order valence-electron chi connectivity index (χ3n) is 3.26. The van der Waals surface area contributed by atoms with Crippen molar-refractivity contribution >= 4 is 11.9 Å². The van der Waals surface area contributed by atoms with E-state index in [-0.39, 0.29) is 18.6 Å². The van der Waals surface area contributed by atoms with Crippen molar-refractivity contribution in [2.75, 3.05) is 6.54 Å². The topological polar surface area (TPSA) is 70.2 Å². The molecule has 1 aromatic rings. The van der Waals surface area contributed by atoms with E-state index >= 15 is 0 Å². The molecular formula is C15H21F2N3O2. The Bertz CT molecular complexity index is 538. The number of benzene rings is 1. The van der Waals surface area contributed by atoms with E-state index in [0.29, 0.717) is 5.56 Å². The van der Waals surface area contributed by atoms with Gasteiger partial charge in [-0.15, -0.1) is 0 Å². The minimum atomic E-state index is -0.941. The number of nitrogens with one attached hydrogen (secondary N) is 3. The van der Waals surface area contributed by atoms with Gasteiger partial charge in [0.2, 0.25) is 5.91 Å². The number of rotatable bonds is 6. The highest BCUT2D eigenvalue weighted by Gasteiger charge is 2.13. The second kappa shape index (κ2) is 8.43. The van der Waals surface area contributed by atoms with Crippen LogP contribution in [0.1, 0.15) is 38.8 Å². The first kappa shape index (κ1) is 18.0. The quantitative estimate of drug-likeness (QED) is 0.754. The van der Waals surface area contributed by atoms with Crippen molar-refractivity contribution in [2.45, 2.75) is 39.3 Å². The van der Waals surface area contributed by atoms with Gasteiger partial charge in [-0.2, -0.15) is 0 Å². The van der Waals surface area contributed by atoms with Gasteiger partial charge >= 0.3 is 6.03 Å². The summed E-state index contributed by atoms with van der Waals surface area (Å²) < 4.78 is 26.0. The van der Waals surface area contributed by atoms with Crippen molar-refractivity contribution in [3.63, 3.8) is 0 Å². The van der Waals surface area contributed by atoms with Gasteiger partial charge in [-0.1, -0.05) is 13.0 Å². The molecule has 0 unspecified atom stereocenters. The lowest BCUT2D eigenvalue weighted by Crippen LogP contribution is -2.46. The maximum absolute atomic E-state index is 13.1. The Morgan fingerprint density at radius 2 is 1.86 bits per heavy atom. The van der Waals surface area contributed by atoms with Gasteiger partial charge in [0, 0.05) is 12.1 Å². The first-order valence-electron chi connectivity index (χ1n) is 7.12. The molecule has 0 bridgehead atoms. The number of halogens is 2. The van der Waals surface area contributed by atoms with E-state index in [2.05, 4.69) is 16.0 Å². The first-order valence-corrected chi connectivity index (χ1v) is 7.12. The summed E-state index contributed by atoms with van der Waals surface area (Å²) in [6.45, 7) is 5.33. The second-order valence-electron chi connectivity index (χ2n) is 5.11. The summed E-state index contributed by atoms with van der Waals surface area (Å²) >= 11 is 0. The average Bonchev–Trinajstić information content (AvgIpc) is 2.47. The van der Waals surface area contributed by atoms with Gasteiger partial charge in [-0.25, -0.2) is 13.6 Å². The van der Waals surface area contributed by atoms with Crippen molar-refractivity contribution in [1.29, 1.82) is 0 Å². The third-order valence-corrected chi connectivity index (χ3v) is 3.26. The lowest BCUT2D eigenvalue weighted by molar-refractivity contribution is -0.119. The molecule has 1 aromatic carbocycles. The number of amides is 3. The first-order chi connectivity index (χ1) is 10.3. The van der Waals surface area contributed by atoms with Gasteiger partial charge in [0.15, 0.2) is 11.6 Å². The molecule has 1 rings (SSSR count). The third kappa shape index (κ3) is 5.77. The van der Waals surface area contributed by atoms with Gasteiger partial charge in [-0.05, 0) is 38.0 Å². The Kier molecular flexibility index (Phi) is 6.91. The molecule has 0 spiro atoms. The summed E-state index contributed by atoms with van der Waals surface area (Å²) in [5.74, 6) is -2.37. The van der Waals surface area contributed by atoms with E-state index in [9.17, 15) is 18.4 Å². The molecule has 3 amide bonds. The van der Waals surface area contributed by atoms with Crippen LogP contribution in [-0.4, -0.2) is 24.5 Å². The molecule has 0 aromatic heterocycles. The average molecular weight is 313 g/mol. The van der Waals surface area contributed by atoms with Gasteiger partial charge in [0.05, 0.1) is 6.54 Å². The summed E-state index contributed by atoms with van der Waals surface area (Å²) in [5.41, 5.74) is 0.510. The summed E-state index contributed by atoms with van der Waals surface area (Å²) in [4.78, 5) is 23.1. The Hall–Kier alpha value is -2.02. The number of hydrogen-bond donors (Lipinski definition) is 3. The molecule has 3 N–H and O–H groups in total. The number of hydrogen-bond acceptors (Lipinski definition) is 3. The normalized spacial score (nSPS) is 13.3. The van der Waals surface area contributed by atoms with Crippen LogP contribution in [0.4, 0.5) is 13.6 Å². The van der Waals surface area contributed by atoms with Crippen LogP contribution in [0.5, 0.6) is 0 Å². The molecule has 0 aliphatic carbocycles. The summed E-state index contributed by atoms with van der Waals surface area (Å²) in [7, 11) is 0. The molecule has 5 nitrogen and oxygen atoms in total. The highest BCUT2D eigenvalue weighted by Crippen LogP contribution is 2.15. The zero-order valence-electron chi connectivity index (χ0n) is 12.9. The van der Waals surface area contributed by atoms with Crippen LogP contribution < -0.4 is 16.0 Å². The Labute approximate surface area is 128 Å². The van der Waals surface area contributed by atoms with Crippen LogP contribution in [0.3, 0.4) is 0 Å². The van der Waals surface area contributed by atoms with Gasteiger partial charge in [0.1, 0.15) is 0 Å². The number of urea groups is 1. The van der Waals surface area contributed by atoms with E-state index in [1.54, 1.807) is 6.92 Å². The highest BCUT2D eigenvalue weighted by molar-refractivity contribution is 5.95. The summed E-state index contributed by atoms with van der Waals surface area (Å²) in [6.07, 6.45) is 0.757. The minimum Gasteiger partial charge on any atom is -0.335 e. The molecule has 122 valence electrons. The van der Waals surface area contributed by atoms with Crippen LogP contribution in [-0.2, 0) is 4.79 Å². The van der Waals surface area contributed by atoms with E-state index in [0.717, 1.165) is 18.6 Å². The fourth-order valence-electron chi connectivity index (χ4n) is 1.68. The zero-order chi connectivity index (χ0) is 16.7. The van der Waals surface area contributed by atoms with Crippen LogP contribution >= 0.6 is 0 Å². The standard InChI is InChI=1S/C15H21F2N3O2/c1-4-9(2)19-15(22)20-14(21)8-18-10(3)11-5-6-12(16)13(17)7-11/h5-7,9-10,18H,4,8H2,1-3H3,(H2,19,20,21,22)/t9-,10+/m0/s1. The van der Waals surface area contributed by atoms with Crippen molar-refractivity contribution < 1.29 is 18.4 Å². The van der Waals surface area contributed by atoms with Crippen LogP contribution in [0, 0.1) is 11.6 Å². The molecule has 0 heterocycles. The second-order valence-corrected chi connectivity index (χ2v) is 5.11. The Morgan fingerprint density at radius 3 is 2.45 bits per heavy atom. The molecule has 0 aliphatic rings. The summed E-state index contributed by atoms with van der Waals surface area (Å²) in [5, 5.41) is 7.63. The maximum Gasteiger partial charge on any atom is 0.321 e. The van der Waals surface area contributed by atoms with Crippen molar-refractivity contribution in [2.24, 2.45) is 0 Å². The van der Waals surface area contributed by atoms with Gasteiger partial charge in [-0.3, -0.25) is 10.1 Å². The molecule has 0 saturated heterocycles. The largest absolute Gasteiger partial charge is 0.335 e. The molecule has 0 saturated carbocycles. The number of imide groups is 1. The molecule has 22 heavy (non-hydrogen) atoms. The van der Waals surface area contributed by atoms with Crippen molar-refractivity contribution in [3.05, 3.63) is 35.4 Å². The lowest BCUT2D eigenvalue weighted by Gasteiger charge is -2.15. The van der Waals surface area contributed by atoms with Gasteiger partial charge < -0.3 is 10.6 Å². The molecular weight excluding hydrogens is 292 g/mol. The van der Waals surface area contributed by atoms with Gasteiger partial charge in [0.25, 0.3) is 0 Å². The van der Waals surface area contributed by atoms with Crippen LogP contribution in [0.25, 0.3) is 0 Å². The molecule has 0 aliphatic heterocycles. The maximum atomic E-state index is 13.1. The van der Waals surface area contributed by atoms with Crippen LogP contribution in [0.15, 0.2) is 18.2 Å². The molecule has 2 atom stereocenters. The fraction of sp³-hybridized carbons (Fsp3) is 0.467. The zero-order valence-corrected chi connectivity index (χ0v) is 12.9. The minimum absolute atomic E-state index is 0.0260. The van der Waals surface area contributed by atoms with Crippen molar-refractivity contribution in [1.82, 2.24) is 16.0 Å². The van der Waals surface area contributed by atoms with Crippen molar-refractivity contribution in [3.8, 4) is 0 Å². The SMILES string of the molecule is CC[C@H](C)NC(=O)NC(=O)CN[C@H](C)c1ccc(F)c(F)c1. The lowest BCUT2D eigenvalue weighted by atomic mass is 10.1. The predicted molar refractivity (Wildman–Crippen MR) is 79.2 cm³/mol. The van der Waals surface area contributed by atoms with E-state index in [1.807, 2.05) is 13.8 Å². The number of carbonyl (C=O) groups is 2. The highest BCUT2D eigenvalue weighted by atomic mass is 19.2. The Morgan fingerprint density at radius 1 is 1.18 bits per heavy atom.